The van der Waals surface area contributed by atoms with Crippen LogP contribution in [0, 0.1) is 5.92 Å². The Morgan fingerprint density at radius 2 is 2.06 bits per heavy atom. The Morgan fingerprint density at radius 1 is 1.41 bits per heavy atom. The molecule has 0 aliphatic heterocycles. The predicted octanol–water partition coefficient (Wildman–Crippen LogP) is 3.92. The van der Waals surface area contributed by atoms with Gasteiger partial charge in [-0.15, -0.1) is 0 Å². The summed E-state index contributed by atoms with van der Waals surface area (Å²) >= 11 is 3.62. The highest BCUT2D eigenvalue weighted by atomic mass is 79.9. The second-order valence-corrected chi connectivity index (χ2v) is 5.80. The van der Waals surface area contributed by atoms with Crippen LogP contribution in [0.5, 0.6) is 0 Å². The zero-order valence-electron chi connectivity index (χ0n) is 11.5. The topological polar surface area (TPSA) is 29.9 Å². The maximum Gasteiger partial charge on any atom is 0.0701 e. The van der Waals surface area contributed by atoms with Gasteiger partial charge in [0.05, 0.1) is 22.4 Å². The van der Waals surface area contributed by atoms with Crippen LogP contribution in [0.1, 0.15) is 58.3 Å². The summed E-state index contributed by atoms with van der Waals surface area (Å²) < 4.78 is 3.21. The van der Waals surface area contributed by atoms with E-state index in [1.165, 1.54) is 18.5 Å². The predicted molar refractivity (Wildman–Crippen MR) is 76.2 cm³/mol. The minimum atomic E-state index is 0.356. The van der Waals surface area contributed by atoms with Crippen LogP contribution in [-0.4, -0.2) is 16.8 Å². The summed E-state index contributed by atoms with van der Waals surface area (Å²) in [7, 11) is 2.03. The van der Waals surface area contributed by atoms with Crippen LogP contribution in [-0.2, 0) is 0 Å². The fourth-order valence-electron chi connectivity index (χ4n) is 2.37. The lowest BCUT2D eigenvalue weighted by Gasteiger charge is -2.26. The van der Waals surface area contributed by atoms with E-state index in [1.807, 2.05) is 13.2 Å². The van der Waals surface area contributed by atoms with Crippen molar-refractivity contribution in [1.29, 1.82) is 0 Å². The van der Waals surface area contributed by atoms with Gasteiger partial charge in [-0.2, -0.15) is 5.10 Å². The summed E-state index contributed by atoms with van der Waals surface area (Å²) in [5.41, 5.74) is 1.27. The first-order chi connectivity index (χ1) is 8.02. The Labute approximate surface area is 113 Å². The molecule has 1 rings (SSSR count). The molecule has 0 radical (unpaired) electrons. The van der Waals surface area contributed by atoms with Crippen LogP contribution in [0.2, 0.25) is 0 Å². The molecule has 1 aromatic rings. The van der Waals surface area contributed by atoms with Gasteiger partial charge >= 0.3 is 0 Å². The number of hydrogen-bond acceptors (Lipinski definition) is 2. The minimum absolute atomic E-state index is 0.356. The van der Waals surface area contributed by atoms with Gasteiger partial charge in [-0.25, -0.2) is 0 Å². The molecule has 0 saturated carbocycles. The van der Waals surface area contributed by atoms with Crippen molar-refractivity contribution in [2.45, 2.75) is 52.6 Å². The molecule has 3 nitrogen and oxygen atoms in total. The highest BCUT2D eigenvalue weighted by molar-refractivity contribution is 9.10. The molecule has 98 valence electrons. The highest BCUT2D eigenvalue weighted by Gasteiger charge is 2.24. The molecule has 0 saturated heterocycles. The lowest BCUT2D eigenvalue weighted by molar-refractivity contribution is 0.350. The SMILES string of the molecule is CCCC(C)C(NC)c1c(Br)cnn1C(C)C. The van der Waals surface area contributed by atoms with Crippen LogP contribution < -0.4 is 5.32 Å². The normalized spacial score (nSPS) is 15.2. The van der Waals surface area contributed by atoms with Gasteiger partial charge in [0.1, 0.15) is 0 Å². The van der Waals surface area contributed by atoms with E-state index < -0.39 is 0 Å². The van der Waals surface area contributed by atoms with Crippen molar-refractivity contribution in [1.82, 2.24) is 15.1 Å². The Morgan fingerprint density at radius 3 is 2.53 bits per heavy atom. The largest absolute Gasteiger partial charge is 0.311 e. The van der Waals surface area contributed by atoms with Crippen molar-refractivity contribution in [3.05, 3.63) is 16.4 Å². The average molecular weight is 302 g/mol. The van der Waals surface area contributed by atoms with Crippen molar-refractivity contribution in [3.8, 4) is 0 Å². The van der Waals surface area contributed by atoms with Crippen molar-refractivity contribution in [2.24, 2.45) is 5.92 Å². The standard InChI is InChI=1S/C13H24BrN3/c1-6-7-10(4)12(15-5)13-11(14)8-16-17(13)9(2)3/h8-10,12,15H,6-7H2,1-5H3. The quantitative estimate of drug-likeness (QED) is 0.863. The van der Waals surface area contributed by atoms with Crippen LogP contribution in [0.3, 0.4) is 0 Å². The summed E-state index contributed by atoms with van der Waals surface area (Å²) in [6.45, 7) is 8.87. The van der Waals surface area contributed by atoms with Gasteiger partial charge in [-0.05, 0) is 49.2 Å². The Bertz CT molecular complexity index is 346. The molecule has 17 heavy (non-hydrogen) atoms. The third-order valence-electron chi connectivity index (χ3n) is 3.19. The van der Waals surface area contributed by atoms with Crippen LogP contribution in [0.15, 0.2) is 10.7 Å². The van der Waals surface area contributed by atoms with Gasteiger partial charge in [-0.1, -0.05) is 20.3 Å². The Balaban J connectivity index is 3.06. The molecule has 2 atom stereocenters. The summed E-state index contributed by atoms with van der Waals surface area (Å²) in [4.78, 5) is 0. The summed E-state index contributed by atoms with van der Waals surface area (Å²) in [6.07, 6.45) is 4.34. The lowest BCUT2D eigenvalue weighted by Crippen LogP contribution is -2.27. The van der Waals surface area contributed by atoms with Crippen molar-refractivity contribution < 1.29 is 0 Å². The molecule has 0 aliphatic carbocycles. The van der Waals surface area contributed by atoms with Crippen LogP contribution in [0.25, 0.3) is 0 Å². The molecule has 1 heterocycles. The fraction of sp³-hybridized carbons (Fsp3) is 0.769. The second kappa shape index (κ2) is 6.55. The average Bonchev–Trinajstić information content (AvgIpc) is 2.63. The molecular formula is C13H24BrN3. The zero-order valence-corrected chi connectivity index (χ0v) is 13.1. The second-order valence-electron chi connectivity index (χ2n) is 4.95. The Kier molecular flexibility index (Phi) is 5.67. The summed E-state index contributed by atoms with van der Waals surface area (Å²) in [6, 6.07) is 0.746. The van der Waals surface area contributed by atoms with Crippen molar-refractivity contribution >= 4 is 15.9 Å². The molecule has 4 heteroatoms. The molecule has 0 bridgehead atoms. The third kappa shape index (κ3) is 3.32. The summed E-state index contributed by atoms with van der Waals surface area (Å²) in [5.74, 6) is 0.607. The smallest absolute Gasteiger partial charge is 0.0701 e. The van der Waals surface area contributed by atoms with Gasteiger partial charge in [0.2, 0.25) is 0 Å². The summed E-state index contributed by atoms with van der Waals surface area (Å²) in [5, 5.41) is 7.89. The van der Waals surface area contributed by atoms with E-state index >= 15 is 0 Å². The zero-order chi connectivity index (χ0) is 13.0. The first-order valence-corrected chi connectivity index (χ1v) is 7.22. The number of nitrogens with one attached hydrogen (secondary N) is 1. The highest BCUT2D eigenvalue weighted by Crippen LogP contribution is 2.32. The van der Waals surface area contributed by atoms with E-state index in [1.54, 1.807) is 0 Å². The first kappa shape index (κ1) is 14.7. The van der Waals surface area contributed by atoms with E-state index in [-0.39, 0.29) is 0 Å². The van der Waals surface area contributed by atoms with E-state index in [9.17, 15) is 0 Å². The van der Waals surface area contributed by atoms with E-state index in [4.69, 9.17) is 0 Å². The molecule has 0 aliphatic rings. The van der Waals surface area contributed by atoms with Gasteiger partial charge in [-0.3, -0.25) is 4.68 Å². The number of hydrogen-bond donors (Lipinski definition) is 1. The van der Waals surface area contributed by atoms with Crippen molar-refractivity contribution in [3.63, 3.8) is 0 Å². The van der Waals surface area contributed by atoms with Gasteiger partial charge in [0.15, 0.2) is 0 Å². The molecule has 0 aromatic carbocycles. The Hall–Kier alpha value is -0.350. The van der Waals surface area contributed by atoms with Gasteiger partial charge in [0, 0.05) is 6.04 Å². The number of aromatic nitrogens is 2. The third-order valence-corrected chi connectivity index (χ3v) is 3.81. The van der Waals surface area contributed by atoms with Crippen molar-refractivity contribution in [2.75, 3.05) is 7.05 Å². The molecular weight excluding hydrogens is 278 g/mol. The van der Waals surface area contributed by atoms with Gasteiger partial charge < -0.3 is 5.32 Å². The maximum absolute atomic E-state index is 4.46. The number of rotatable bonds is 6. The van der Waals surface area contributed by atoms with Crippen LogP contribution in [0.4, 0.5) is 0 Å². The molecule has 0 spiro atoms. The number of halogens is 1. The van der Waals surface area contributed by atoms with Crippen LogP contribution >= 0.6 is 15.9 Å². The van der Waals surface area contributed by atoms with Gasteiger partial charge in [0.25, 0.3) is 0 Å². The molecule has 2 unspecified atom stereocenters. The molecule has 1 aromatic heterocycles. The molecule has 0 amide bonds. The van der Waals surface area contributed by atoms with E-state index in [2.05, 4.69) is 58.7 Å². The minimum Gasteiger partial charge on any atom is -0.311 e. The molecule has 0 fully saturated rings. The lowest BCUT2D eigenvalue weighted by atomic mass is 9.94. The maximum atomic E-state index is 4.46. The van der Waals surface area contributed by atoms with E-state index in [0.29, 0.717) is 18.0 Å². The number of nitrogens with zero attached hydrogens (tertiary/aromatic N) is 2. The van der Waals surface area contributed by atoms with E-state index in [0.717, 1.165) is 4.47 Å². The fourth-order valence-corrected chi connectivity index (χ4v) is 2.89. The molecule has 1 N–H and O–H groups in total. The monoisotopic (exact) mass is 301 g/mol. The first-order valence-electron chi connectivity index (χ1n) is 6.43.